The molecule has 1 heterocycles. The summed E-state index contributed by atoms with van der Waals surface area (Å²) in [5, 5.41) is 0.312. The lowest BCUT2D eigenvalue weighted by molar-refractivity contribution is 0.103. The number of hydrogen-bond donors (Lipinski definition) is 1. The predicted molar refractivity (Wildman–Crippen MR) is 79.6 cm³/mol. The molecule has 0 spiro atoms. The number of carbonyl (C=O) groups is 1. The average Bonchev–Trinajstić information content (AvgIpc) is 2.49. The Bertz CT molecular complexity index is 682. The maximum absolute atomic E-state index is 12.5. The highest BCUT2D eigenvalue weighted by Crippen LogP contribution is 2.29. The molecular weight excluding hydrogens is 274 g/mol. The van der Waals surface area contributed by atoms with E-state index in [1.807, 2.05) is 12.1 Å². The highest BCUT2D eigenvalue weighted by molar-refractivity contribution is 6.37. The van der Waals surface area contributed by atoms with Gasteiger partial charge in [-0.1, -0.05) is 17.7 Å². The largest absolute Gasteiger partial charge is 0.493 e. The molecule has 1 aliphatic heterocycles. The summed E-state index contributed by atoms with van der Waals surface area (Å²) in [6, 6.07) is 10.6. The van der Waals surface area contributed by atoms with Crippen molar-refractivity contribution in [3.63, 3.8) is 0 Å². The summed E-state index contributed by atoms with van der Waals surface area (Å²) in [7, 11) is 0. The summed E-state index contributed by atoms with van der Waals surface area (Å²) in [5.74, 6) is 0.752. The Labute approximate surface area is 122 Å². The molecule has 2 N–H and O–H groups in total. The molecule has 0 unspecified atom stereocenters. The Balaban J connectivity index is 2.00. The van der Waals surface area contributed by atoms with E-state index in [0.29, 0.717) is 21.8 Å². The first-order chi connectivity index (χ1) is 9.66. The highest BCUT2D eigenvalue weighted by Gasteiger charge is 2.17. The summed E-state index contributed by atoms with van der Waals surface area (Å²) in [4.78, 5) is 12.5. The van der Waals surface area contributed by atoms with E-state index >= 15 is 0 Å². The third kappa shape index (κ3) is 2.25. The third-order valence-corrected chi connectivity index (χ3v) is 3.87. The van der Waals surface area contributed by atoms with Gasteiger partial charge >= 0.3 is 0 Å². The molecule has 3 rings (SSSR count). The first kappa shape index (κ1) is 13.0. The van der Waals surface area contributed by atoms with Crippen LogP contribution in [0.2, 0.25) is 5.02 Å². The maximum atomic E-state index is 12.5. The molecular formula is C16H14ClNO2. The summed E-state index contributed by atoms with van der Waals surface area (Å²) < 4.78 is 5.55. The average molecular weight is 288 g/mol. The number of carbonyl (C=O) groups excluding carboxylic acids is 1. The zero-order chi connectivity index (χ0) is 14.1. The van der Waals surface area contributed by atoms with E-state index < -0.39 is 0 Å². The fourth-order valence-electron chi connectivity index (χ4n) is 2.38. The van der Waals surface area contributed by atoms with Crippen LogP contribution in [0.15, 0.2) is 36.4 Å². The lowest BCUT2D eigenvalue weighted by atomic mass is 9.98. The molecule has 0 amide bonds. The topological polar surface area (TPSA) is 52.3 Å². The molecule has 2 aromatic carbocycles. The van der Waals surface area contributed by atoms with Gasteiger partial charge in [-0.3, -0.25) is 4.79 Å². The van der Waals surface area contributed by atoms with E-state index in [1.54, 1.807) is 24.3 Å². The summed E-state index contributed by atoms with van der Waals surface area (Å²) in [6.45, 7) is 0.737. The molecule has 3 nitrogen and oxygen atoms in total. The molecule has 20 heavy (non-hydrogen) atoms. The minimum absolute atomic E-state index is 0.115. The van der Waals surface area contributed by atoms with E-state index in [2.05, 4.69) is 0 Å². The smallest absolute Gasteiger partial charge is 0.194 e. The van der Waals surface area contributed by atoms with Crippen LogP contribution >= 0.6 is 11.6 Å². The zero-order valence-corrected chi connectivity index (χ0v) is 11.6. The van der Waals surface area contributed by atoms with Crippen molar-refractivity contribution in [2.45, 2.75) is 12.8 Å². The Hall–Kier alpha value is -2.00. The van der Waals surface area contributed by atoms with Gasteiger partial charge in [-0.05, 0) is 48.7 Å². The first-order valence-electron chi connectivity index (χ1n) is 6.51. The second-order valence-electron chi connectivity index (χ2n) is 4.81. The van der Waals surface area contributed by atoms with Crippen LogP contribution in [0.3, 0.4) is 0 Å². The monoisotopic (exact) mass is 287 g/mol. The standard InChI is InChI=1S/C16H14ClNO2/c17-15-12(4-1-5-13(15)18)16(19)11-6-7-14-10(9-11)3-2-8-20-14/h1,4-7,9H,2-3,8,18H2. The molecule has 0 saturated carbocycles. The molecule has 1 aliphatic rings. The van der Waals surface area contributed by atoms with Crippen LogP contribution in [-0.4, -0.2) is 12.4 Å². The highest BCUT2D eigenvalue weighted by atomic mass is 35.5. The molecule has 0 radical (unpaired) electrons. The van der Waals surface area contributed by atoms with Crippen LogP contribution in [0.4, 0.5) is 5.69 Å². The lowest BCUT2D eigenvalue weighted by Gasteiger charge is -2.17. The Morgan fingerprint density at radius 1 is 1.25 bits per heavy atom. The Kier molecular flexibility index (Phi) is 3.36. The number of fused-ring (bicyclic) bond motifs is 1. The van der Waals surface area contributed by atoms with Crippen LogP contribution in [0.25, 0.3) is 0 Å². The number of nitrogens with two attached hydrogens (primary N) is 1. The SMILES string of the molecule is Nc1cccc(C(=O)c2ccc3c(c2)CCCO3)c1Cl. The van der Waals surface area contributed by atoms with Gasteiger partial charge in [0.15, 0.2) is 5.78 Å². The number of ether oxygens (including phenoxy) is 1. The number of aryl methyl sites for hydroxylation is 1. The first-order valence-corrected chi connectivity index (χ1v) is 6.89. The second-order valence-corrected chi connectivity index (χ2v) is 5.19. The van der Waals surface area contributed by atoms with Crippen LogP contribution in [-0.2, 0) is 6.42 Å². The molecule has 0 atom stereocenters. The Morgan fingerprint density at radius 2 is 2.10 bits per heavy atom. The molecule has 0 fully saturated rings. The minimum atomic E-state index is -0.115. The van der Waals surface area contributed by atoms with Crippen LogP contribution in [0.5, 0.6) is 5.75 Å². The molecule has 0 aromatic heterocycles. The Morgan fingerprint density at radius 3 is 2.95 bits per heavy atom. The van der Waals surface area contributed by atoms with Crippen molar-refractivity contribution >= 4 is 23.1 Å². The number of nitrogen functional groups attached to an aromatic ring is 1. The number of benzene rings is 2. The van der Waals surface area contributed by atoms with Crippen molar-refractivity contribution in [3.8, 4) is 5.75 Å². The van der Waals surface area contributed by atoms with Gasteiger partial charge in [0.05, 0.1) is 17.3 Å². The number of hydrogen-bond acceptors (Lipinski definition) is 3. The van der Waals surface area contributed by atoms with Gasteiger partial charge in [-0.2, -0.15) is 0 Å². The molecule has 102 valence electrons. The quantitative estimate of drug-likeness (QED) is 0.679. The van der Waals surface area contributed by atoms with Crippen molar-refractivity contribution in [3.05, 3.63) is 58.1 Å². The minimum Gasteiger partial charge on any atom is -0.493 e. The van der Waals surface area contributed by atoms with Crippen molar-refractivity contribution in [2.75, 3.05) is 12.3 Å². The number of ketones is 1. The van der Waals surface area contributed by atoms with Gasteiger partial charge in [0.2, 0.25) is 0 Å². The van der Waals surface area contributed by atoms with E-state index in [1.165, 1.54) is 0 Å². The van der Waals surface area contributed by atoms with E-state index in [-0.39, 0.29) is 5.78 Å². The van der Waals surface area contributed by atoms with Gasteiger partial charge in [-0.25, -0.2) is 0 Å². The summed E-state index contributed by atoms with van der Waals surface area (Å²) >= 11 is 6.11. The van der Waals surface area contributed by atoms with Crippen molar-refractivity contribution < 1.29 is 9.53 Å². The third-order valence-electron chi connectivity index (χ3n) is 3.44. The molecule has 0 saturated heterocycles. The van der Waals surface area contributed by atoms with E-state index in [0.717, 1.165) is 30.8 Å². The van der Waals surface area contributed by atoms with Crippen LogP contribution in [0, 0.1) is 0 Å². The van der Waals surface area contributed by atoms with Gasteiger partial charge < -0.3 is 10.5 Å². The maximum Gasteiger partial charge on any atom is 0.194 e. The van der Waals surface area contributed by atoms with Crippen molar-refractivity contribution in [1.29, 1.82) is 0 Å². The predicted octanol–water partition coefficient (Wildman–Crippen LogP) is 3.48. The lowest BCUT2D eigenvalue weighted by Crippen LogP contribution is -2.10. The van der Waals surface area contributed by atoms with Crippen molar-refractivity contribution in [2.24, 2.45) is 0 Å². The van der Waals surface area contributed by atoms with Gasteiger partial charge in [0.25, 0.3) is 0 Å². The normalized spacial score (nSPS) is 13.4. The molecule has 0 aliphatic carbocycles. The van der Waals surface area contributed by atoms with Crippen LogP contribution in [0.1, 0.15) is 27.9 Å². The number of anilines is 1. The van der Waals surface area contributed by atoms with Crippen molar-refractivity contribution in [1.82, 2.24) is 0 Å². The zero-order valence-electron chi connectivity index (χ0n) is 10.9. The second kappa shape index (κ2) is 5.17. The fraction of sp³-hybridized carbons (Fsp3) is 0.188. The van der Waals surface area contributed by atoms with Crippen LogP contribution < -0.4 is 10.5 Å². The fourth-order valence-corrected chi connectivity index (χ4v) is 2.59. The van der Waals surface area contributed by atoms with E-state index in [9.17, 15) is 4.79 Å². The molecule has 2 aromatic rings. The summed E-state index contributed by atoms with van der Waals surface area (Å²) in [5.41, 5.74) is 8.28. The van der Waals surface area contributed by atoms with Gasteiger partial charge in [0, 0.05) is 11.1 Å². The molecule has 4 heteroatoms. The molecule has 0 bridgehead atoms. The summed E-state index contributed by atoms with van der Waals surface area (Å²) in [6.07, 6.45) is 1.91. The number of rotatable bonds is 2. The number of halogens is 1. The van der Waals surface area contributed by atoms with E-state index in [4.69, 9.17) is 22.1 Å². The van der Waals surface area contributed by atoms with Gasteiger partial charge in [0.1, 0.15) is 5.75 Å². The van der Waals surface area contributed by atoms with Gasteiger partial charge in [-0.15, -0.1) is 0 Å².